The van der Waals surface area contributed by atoms with Gasteiger partial charge in [0.05, 0.1) is 13.2 Å². The van der Waals surface area contributed by atoms with Crippen molar-refractivity contribution in [2.75, 3.05) is 47.6 Å². The Morgan fingerprint density at radius 1 is 0.567 bits per heavy atom. The van der Waals surface area contributed by atoms with Crippen molar-refractivity contribution >= 4 is 34.9 Å². The van der Waals surface area contributed by atoms with E-state index in [-0.39, 0.29) is 6.03 Å². The molecule has 0 radical (unpaired) electrons. The van der Waals surface area contributed by atoms with Crippen LogP contribution in [0.4, 0.5) is 32.3 Å². The van der Waals surface area contributed by atoms with Gasteiger partial charge in [-0.05, 0) is 108 Å². The van der Waals surface area contributed by atoms with Gasteiger partial charge < -0.3 is 30.7 Å². The van der Waals surface area contributed by atoms with E-state index in [0.29, 0.717) is 37.3 Å². The molecule has 2 aliphatic heterocycles. The van der Waals surface area contributed by atoms with E-state index in [4.69, 9.17) is 29.0 Å². The molecule has 14 nitrogen and oxygen atoms in total. The number of nitrogens with one attached hydrogen (secondary N) is 6. The van der Waals surface area contributed by atoms with Crippen molar-refractivity contribution in [1.82, 2.24) is 10.6 Å². The number of ether oxygens (including phenoxy) is 2. The summed E-state index contributed by atoms with van der Waals surface area (Å²) in [6.45, 7) is 14.8. The van der Waals surface area contributed by atoms with E-state index in [2.05, 4.69) is 83.9 Å². The molecular formula is C46H62N6O8. The normalized spacial score (nSPS) is 14.4. The molecule has 2 saturated heterocycles. The van der Waals surface area contributed by atoms with Crippen LogP contribution in [-0.2, 0) is 41.9 Å². The summed E-state index contributed by atoms with van der Waals surface area (Å²) in [5.74, 6) is 0.697. The third-order valence-corrected chi connectivity index (χ3v) is 9.09. The number of carbonyl (C=O) groups is 2. The number of hydrogen-bond acceptors (Lipinski definition) is 11. The van der Waals surface area contributed by atoms with Crippen molar-refractivity contribution in [1.29, 1.82) is 0 Å². The van der Waals surface area contributed by atoms with E-state index in [1.807, 2.05) is 86.6 Å². The molecule has 2 fully saturated rings. The Hall–Kier alpha value is -5.22. The van der Waals surface area contributed by atoms with Gasteiger partial charge in [0.1, 0.15) is 0 Å². The molecule has 4 aromatic rings. The van der Waals surface area contributed by atoms with Gasteiger partial charge in [-0.2, -0.15) is 9.78 Å². The zero-order valence-electron chi connectivity index (χ0n) is 35.7. The Morgan fingerprint density at radius 3 is 1.47 bits per heavy atom. The minimum absolute atomic E-state index is 0.179. The largest absolute Gasteiger partial charge is 0.449 e. The predicted octanol–water partition coefficient (Wildman–Crippen LogP) is 9.71. The van der Waals surface area contributed by atoms with E-state index < -0.39 is 18.2 Å². The minimum atomic E-state index is -1.15. The van der Waals surface area contributed by atoms with Crippen molar-refractivity contribution in [2.24, 2.45) is 11.8 Å². The SMILES string of the molecule is CCCCNC(=O)Nc1ccc(Cc2ccc(NC(=O)OCC(C)C)cc2)cc1.CCCCNC1(Nc2ccc(Cc3ccc(NC4(OCC(C)C)OO4)cc3)cc2)OO1. The summed E-state index contributed by atoms with van der Waals surface area (Å²) in [5.41, 5.74) is 7.95. The lowest BCUT2D eigenvalue weighted by Crippen LogP contribution is -2.40. The van der Waals surface area contributed by atoms with Crippen molar-refractivity contribution in [3.05, 3.63) is 119 Å². The van der Waals surface area contributed by atoms with E-state index in [1.165, 1.54) is 11.1 Å². The first-order valence-corrected chi connectivity index (χ1v) is 21.0. The third kappa shape index (κ3) is 16.4. The maximum atomic E-state index is 11.8. The summed E-state index contributed by atoms with van der Waals surface area (Å²) >= 11 is 0. The van der Waals surface area contributed by atoms with Crippen LogP contribution in [0.3, 0.4) is 0 Å². The van der Waals surface area contributed by atoms with Crippen LogP contribution in [0.15, 0.2) is 97.1 Å². The van der Waals surface area contributed by atoms with Gasteiger partial charge in [0.25, 0.3) is 0 Å². The smallest absolute Gasteiger partial charge is 0.428 e. The highest BCUT2D eigenvalue weighted by Crippen LogP contribution is 2.33. The number of amides is 3. The number of benzene rings is 4. The van der Waals surface area contributed by atoms with Crippen LogP contribution < -0.4 is 31.9 Å². The van der Waals surface area contributed by atoms with E-state index in [9.17, 15) is 9.59 Å². The summed E-state index contributed by atoms with van der Waals surface area (Å²) in [7, 11) is 0. The average Bonchev–Trinajstić information content (AvgIpc) is 4.18. The Labute approximate surface area is 354 Å². The fourth-order valence-corrected chi connectivity index (χ4v) is 5.67. The topological polar surface area (TPSA) is 175 Å². The quantitative estimate of drug-likeness (QED) is 0.0193. The molecule has 0 atom stereocenters. The number of rotatable bonds is 22. The zero-order valence-corrected chi connectivity index (χ0v) is 35.7. The molecule has 324 valence electrons. The van der Waals surface area contributed by atoms with Gasteiger partial charge in [-0.1, -0.05) is 103 Å². The van der Waals surface area contributed by atoms with Gasteiger partial charge in [-0.25, -0.2) is 14.9 Å². The molecule has 0 aromatic heterocycles. The molecular weight excluding hydrogens is 765 g/mol. The maximum Gasteiger partial charge on any atom is 0.428 e. The zero-order chi connectivity index (χ0) is 42.8. The maximum absolute atomic E-state index is 11.8. The minimum Gasteiger partial charge on any atom is -0.449 e. The Morgan fingerprint density at radius 2 is 1.02 bits per heavy atom. The average molecular weight is 827 g/mol. The summed E-state index contributed by atoms with van der Waals surface area (Å²) in [4.78, 5) is 43.7. The van der Waals surface area contributed by atoms with Crippen LogP contribution in [0.1, 0.15) is 89.5 Å². The van der Waals surface area contributed by atoms with Gasteiger partial charge >= 0.3 is 24.3 Å². The third-order valence-electron chi connectivity index (χ3n) is 9.09. The highest BCUT2D eigenvalue weighted by atomic mass is 17.5. The number of urea groups is 1. The second-order valence-electron chi connectivity index (χ2n) is 15.7. The van der Waals surface area contributed by atoms with Crippen LogP contribution >= 0.6 is 0 Å². The molecule has 2 heterocycles. The van der Waals surface area contributed by atoms with Crippen LogP contribution in [-0.4, -0.2) is 50.6 Å². The molecule has 6 N–H and O–H groups in total. The summed E-state index contributed by atoms with van der Waals surface area (Å²) < 4.78 is 10.7. The molecule has 6 rings (SSSR count). The lowest BCUT2D eigenvalue weighted by molar-refractivity contribution is -0.0441. The van der Waals surface area contributed by atoms with E-state index in [1.54, 1.807) is 0 Å². The van der Waals surface area contributed by atoms with Gasteiger partial charge in [0, 0.05) is 35.8 Å². The monoisotopic (exact) mass is 826 g/mol. The molecule has 0 unspecified atom stereocenters. The highest BCUT2D eigenvalue weighted by Gasteiger charge is 2.52. The number of unbranched alkanes of at least 4 members (excludes halogenated alkanes) is 2. The summed E-state index contributed by atoms with van der Waals surface area (Å²) in [6, 6.07) is 30.8. The molecule has 3 amide bonds. The molecule has 4 aromatic carbocycles. The Balaban J connectivity index is 0.000000228. The lowest BCUT2D eigenvalue weighted by atomic mass is 10.0. The Bertz CT molecular complexity index is 1880. The van der Waals surface area contributed by atoms with Crippen LogP contribution in [0.25, 0.3) is 0 Å². The predicted molar refractivity (Wildman–Crippen MR) is 234 cm³/mol. The fraction of sp³-hybridized carbons (Fsp3) is 0.435. The standard InChI is InChI=1S/C23H31N3O5.C23H31N3O3/c1-4-5-14-24-22(28-29-22)25-20-10-6-18(7-11-20)15-19-8-12-21(13-9-19)26-23(30-31-23)27-16-17(2)3;1-4-5-14-24-22(27)25-20-10-6-18(7-11-20)15-19-8-12-21(13-9-19)26-23(28)29-16-17(2)3/h6-13,17,24-26H,4-5,14-16H2,1-3H3;6-13,17H,4-5,14-16H2,1-3H3,(H,26,28)(H2,24,25,27). The highest BCUT2D eigenvalue weighted by molar-refractivity contribution is 5.89. The van der Waals surface area contributed by atoms with Crippen molar-refractivity contribution in [3.8, 4) is 0 Å². The second-order valence-corrected chi connectivity index (χ2v) is 15.7. The number of hydrogen-bond donors (Lipinski definition) is 6. The van der Waals surface area contributed by atoms with E-state index >= 15 is 0 Å². The Kier molecular flexibility index (Phi) is 17.5. The van der Waals surface area contributed by atoms with E-state index in [0.717, 1.165) is 73.3 Å². The molecule has 2 aliphatic rings. The van der Waals surface area contributed by atoms with Crippen molar-refractivity contribution in [2.45, 2.75) is 92.2 Å². The second kappa shape index (κ2) is 23.0. The lowest BCUT2D eigenvalue weighted by Gasteiger charge is -2.14. The van der Waals surface area contributed by atoms with Gasteiger partial charge in [0.2, 0.25) is 0 Å². The molecule has 0 bridgehead atoms. The molecule has 60 heavy (non-hydrogen) atoms. The van der Waals surface area contributed by atoms with Crippen LogP contribution in [0.5, 0.6) is 0 Å². The molecule has 14 heteroatoms. The van der Waals surface area contributed by atoms with Gasteiger partial charge in [0.15, 0.2) is 0 Å². The molecule has 0 saturated carbocycles. The van der Waals surface area contributed by atoms with Crippen LogP contribution in [0, 0.1) is 11.8 Å². The summed E-state index contributed by atoms with van der Waals surface area (Å²) in [5, 5.41) is 18.0. The summed E-state index contributed by atoms with van der Waals surface area (Å²) in [6.07, 6.45) is 4.21. The number of carbonyl (C=O) groups excluding carboxylic acids is 2. The molecule has 0 spiro atoms. The first kappa shape index (κ1) is 45.9. The van der Waals surface area contributed by atoms with Crippen molar-refractivity contribution in [3.63, 3.8) is 0 Å². The molecule has 0 aliphatic carbocycles. The van der Waals surface area contributed by atoms with Crippen LogP contribution in [0.2, 0.25) is 0 Å². The first-order valence-electron chi connectivity index (χ1n) is 21.0. The van der Waals surface area contributed by atoms with Crippen molar-refractivity contribution < 1.29 is 38.6 Å². The van der Waals surface area contributed by atoms with Gasteiger partial charge in [-0.3, -0.25) is 5.32 Å². The van der Waals surface area contributed by atoms with Gasteiger partial charge in [-0.15, -0.1) is 9.78 Å². The fourth-order valence-electron chi connectivity index (χ4n) is 5.67. The number of anilines is 4. The first-order chi connectivity index (χ1) is 29.0.